The van der Waals surface area contributed by atoms with E-state index in [1.54, 1.807) is 0 Å². The van der Waals surface area contributed by atoms with Gasteiger partial charge >= 0.3 is 0 Å². The molecule has 0 spiro atoms. The summed E-state index contributed by atoms with van der Waals surface area (Å²) >= 11 is 0. The molecule has 1 heterocycles. The van der Waals surface area contributed by atoms with Gasteiger partial charge in [0.25, 0.3) is 0 Å². The Morgan fingerprint density at radius 3 is 3.14 bits per heavy atom. The van der Waals surface area contributed by atoms with Gasteiger partial charge in [0.2, 0.25) is 5.91 Å². The topological polar surface area (TPSA) is 78.3 Å². The van der Waals surface area contributed by atoms with Gasteiger partial charge in [0.1, 0.15) is 5.75 Å². The first-order valence-corrected chi connectivity index (χ1v) is 7.23. The van der Waals surface area contributed by atoms with Crippen LogP contribution in [0.25, 0.3) is 10.4 Å². The van der Waals surface area contributed by atoms with Gasteiger partial charge in [-0.3, -0.25) is 4.79 Å². The number of rotatable bonds is 7. The Kier molecular flexibility index (Phi) is 5.46. The lowest BCUT2D eigenvalue weighted by Gasteiger charge is -2.16. The molecule has 1 fully saturated rings. The zero-order chi connectivity index (χ0) is 15.1. The Hall–Kier alpha value is -2.20. The molecule has 0 N–H and O–H groups in total. The number of amides is 1. The molecule has 1 amide bonds. The second kappa shape index (κ2) is 7.55. The zero-order valence-corrected chi connectivity index (χ0v) is 12.2. The number of ether oxygens (including phenoxy) is 1. The first-order valence-electron chi connectivity index (χ1n) is 7.23. The normalized spacial score (nSPS) is 17.7. The second-order valence-electron chi connectivity index (χ2n) is 5.15. The number of benzene rings is 1. The van der Waals surface area contributed by atoms with Crippen LogP contribution >= 0.6 is 0 Å². The largest absolute Gasteiger partial charge is 0.494 e. The number of carbonyl (C=O) groups is 1. The van der Waals surface area contributed by atoms with E-state index in [1.165, 1.54) is 0 Å². The predicted octanol–water partition coefficient (Wildman–Crippen LogP) is 2.79. The molecule has 1 aliphatic rings. The predicted molar refractivity (Wildman–Crippen MR) is 80.0 cm³/mol. The van der Waals surface area contributed by atoms with Crippen LogP contribution in [0.5, 0.6) is 5.75 Å². The highest BCUT2D eigenvalue weighted by Crippen LogP contribution is 2.19. The molecule has 0 saturated carbocycles. The maximum Gasteiger partial charge on any atom is 0.222 e. The molecular formula is C15H20N4O2. The van der Waals surface area contributed by atoms with Gasteiger partial charge < -0.3 is 9.64 Å². The fraction of sp³-hybridized carbons (Fsp3) is 0.533. The van der Waals surface area contributed by atoms with Gasteiger partial charge in [-0.25, -0.2) is 0 Å². The third kappa shape index (κ3) is 4.39. The van der Waals surface area contributed by atoms with Gasteiger partial charge in [-0.1, -0.05) is 17.2 Å². The lowest BCUT2D eigenvalue weighted by atomic mass is 10.1. The van der Waals surface area contributed by atoms with Crippen LogP contribution in [0.15, 0.2) is 29.4 Å². The number of hydrogen-bond donors (Lipinski definition) is 0. The van der Waals surface area contributed by atoms with Crippen molar-refractivity contribution in [3.63, 3.8) is 0 Å². The van der Waals surface area contributed by atoms with E-state index in [0.717, 1.165) is 17.7 Å². The van der Waals surface area contributed by atoms with E-state index in [-0.39, 0.29) is 11.8 Å². The summed E-state index contributed by atoms with van der Waals surface area (Å²) in [6.07, 6.45) is 1.29. The molecule has 0 aliphatic carbocycles. The van der Waals surface area contributed by atoms with Crippen LogP contribution in [0.3, 0.4) is 0 Å². The van der Waals surface area contributed by atoms with Gasteiger partial charge in [0.05, 0.1) is 6.61 Å². The average Bonchev–Trinajstić information content (AvgIpc) is 2.84. The molecule has 6 heteroatoms. The number of azide groups is 1. The summed E-state index contributed by atoms with van der Waals surface area (Å²) in [5.74, 6) is 1.17. The molecule has 0 aromatic heterocycles. The van der Waals surface area contributed by atoms with Crippen molar-refractivity contribution in [1.82, 2.24) is 4.90 Å². The minimum absolute atomic E-state index is 0.147. The first kappa shape index (κ1) is 15.2. The lowest BCUT2D eigenvalue weighted by molar-refractivity contribution is -0.127. The van der Waals surface area contributed by atoms with E-state index >= 15 is 0 Å². The monoisotopic (exact) mass is 288 g/mol. The quantitative estimate of drug-likeness (QED) is 0.439. The Labute approximate surface area is 124 Å². The summed E-state index contributed by atoms with van der Waals surface area (Å²) in [7, 11) is 0. The molecule has 1 aromatic carbocycles. The van der Waals surface area contributed by atoms with E-state index in [0.29, 0.717) is 32.7 Å². The number of hydrogen-bond acceptors (Lipinski definition) is 3. The highest BCUT2D eigenvalue weighted by molar-refractivity contribution is 5.78. The Morgan fingerprint density at radius 2 is 2.38 bits per heavy atom. The summed E-state index contributed by atoms with van der Waals surface area (Å²) in [5, 5.41) is 3.56. The standard InChI is InChI=1S/C15H20N4O2/c1-2-21-14-5-3-4-12(8-14)6-7-19-11-13(9-15(19)20)10-17-18-16/h3-5,8,13H,2,6-7,9-11H2,1H3. The van der Waals surface area contributed by atoms with Gasteiger partial charge in [0.15, 0.2) is 0 Å². The smallest absolute Gasteiger partial charge is 0.222 e. The number of carbonyl (C=O) groups excluding carboxylic acids is 1. The lowest BCUT2D eigenvalue weighted by Crippen LogP contribution is -2.27. The third-order valence-corrected chi connectivity index (χ3v) is 3.58. The summed E-state index contributed by atoms with van der Waals surface area (Å²) in [5.41, 5.74) is 9.49. The summed E-state index contributed by atoms with van der Waals surface area (Å²) in [6.45, 7) is 4.39. The number of likely N-dealkylation sites (tertiary alicyclic amines) is 1. The fourth-order valence-corrected chi connectivity index (χ4v) is 2.57. The average molecular weight is 288 g/mol. The van der Waals surface area contributed by atoms with Crippen LogP contribution in [-0.2, 0) is 11.2 Å². The molecule has 1 aromatic rings. The highest BCUT2D eigenvalue weighted by atomic mass is 16.5. The van der Waals surface area contributed by atoms with E-state index < -0.39 is 0 Å². The van der Waals surface area contributed by atoms with Crippen LogP contribution in [0.1, 0.15) is 18.9 Å². The van der Waals surface area contributed by atoms with Gasteiger partial charge in [-0.2, -0.15) is 0 Å². The molecular weight excluding hydrogens is 268 g/mol. The zero-order valence-electron chi connectivity index (χ0n) is 12.2. The molecule has 2 rings (SSSR count). The molecule has 1 aliphatic heterocycles. The second-order valence-corrected chi connectivity index (χ2v) is 5.15. The molecule has 1 unspecified atom stereocenters. The SMILES string of the molecule is CCOc1cccc(CCN2CC(CN=[N+]=[N-])CC2=O)c1. The third-order valence-electron chi connectivity index (χ3n) is 3.58. The fourth-order valence-electron chi connectivity index (χ4n) is 2.57. The molecule has 1 saturated heterocycles. The molecule has 6 nitrogen and oxygen atoms in total. The van der Waals surface area contributed by atoms with Crippen LogP contribution < -0.4 is 4.74 Å². The van der Waals surface area contributed by atoms with Crippen LogP contribution in [0.4, 0.5) is 0 Å². The number of nitrogens with zero attached hydrogens (tertiary/aromatic N) is 4. The van der Waals surface area contributed by atoms with Gasteiger partial charge in [-0.05, 0) is 42.5 Å². The van der Waals surface area contributed by atoms with Crippen molar-refractivity contribution < 1.29 is 9.53 Å². The molecule has 0 radical (unpaired) electrons. The summed E-state index contributed by atoms with van der Waals surface area (Å²) in [6, 6.07) is 7.96. The van der Waals surface area contributed by atoms with Crippen LogP contribution in [0, 0.1) is 5.92 Å². The molecule has 0 bridgehead atoms. The summed E-state index contributed by atoms with van der Waals surface area (Å²) < 4.78 is 5.47. The van der Waals surface area contributed by atoms with E-state index in [2.05, 4.69) is 10.0 Å². The van der Waals surface area contributed by atoms with E-state index in [4.69, 9.17) is 10.3 Å². The summed E-state index contributed by atoms with van der Waals surface area (Å²) in [4.78, 5) is 16.5. The van der Waals surface area contributed by atoms with Crippen molar-refractivity contribution in [3.8, 4) is 5.75 Å². The highest BCUT2D eigenvalue weighted by Gasteiger charge is 2.28. The Balaban J connectivity index is 1.86. The molecule has 1 atom stereocenters. The van der Waals surface area contributed by atoms with Crippen LogP contribution in [-0.4, -0.2) is 37.0 Å². The maximum absolute atomic E-state index is 11.9. The van der Waals surface area contributed by atoms with Gasteiger partial charge in [-0.15, -0.1) is 0 Å². The van der Waals surface area contributed by atoms with Crippen molar-refractivity contribution in [2.24, 2.45) is 11.0 Å². The van der Waals surface area contributed by atoms with Crippen molar-refractivity contribution in [2.45, 2.75) is 19.8 Å². The van der Waals surface area contributed by atoms with Crippen molar-refractivity contribution in [3.05, 3.63) is 40.3 Å². The first-order chi connectivity index (χ1) is 10.2. The Morgan fingerprint density at radius 1 is 1.52 bits per heavy atom. The van der Waals surface area contributed by atoms with Crippen LogP contribution in [0.2, 0.25) is 0 Å². The van der Waals surface area contributed by atoms with E-state index in [1.807, 2.05) is 36.1 Å². The Bertz CT molecular complexity index is 540. The van der Waals surface area contributed by atoms with E-state index in [9.17, 15) is 4.79 Å². The van der Waals surface area contributed by atoms with Crippen molar-refractivity contribution >= 4 is 5.91 Å². The maximum atomic E-state index is 11.9. The minimum atomic E-state index is 0.147. The molecule has 21 heavy (non-hydrogen) atoms. The minimum Gasteiger partial charge on any atom is -0.494 e. The van der Waals surface area contributed by atoms with Crippen molar-refractivity contribution in [2.75, 3.05) is 26.2 Å². The van der Waals surface area contributed by atoms with Gasteiger partial charge in [0, 0.05) is 31.0 Å². The molecule has 112 valence electrons. The van der Waals surface area contributed by atoms with Crippen molar-refractivity contribution in [1.29, 1.82) is 0 Å².